The number of ether oxygens (including phenoxy) is 1. The summed E-state index contributed by atoms with van der Waals surface area (Å²) in [7, 11) is 0. The highest BCUT2D eigenvalue weighted by Crippen LogP contribution is 2.14. The first kappa shape index (κ1) is 7.76. The molecular formula is C7H7NO3. The first-order valence-electron chi connectivity index (χ1n) is 3.19. The zero-order chi connectivity index (χ0) is 8.27. The van der Waals surface area contributed by atoms with Crippen LogP contribution in [0.4, 0.5) is 0 Å². The smallest absolute Gasteiger partial charge is 0.332 e. The molecule has 58 valence electrons. The molecule has 0 bridgehead atoms. The molecule has 1 aliphatic heterocycles. The summed E-state index contributed by atoms with van der Waals surface area (Å²) in [4.78, 5) is 10.5. The molecule has 11 heavy (non-hydrogen) atoms. The van der Waals surface area contributed by atoms with Crippen molar-refractivity contribution in [3.05, 3.63) is 11.1 Å². The first-order valence-corrected chi connectivity index (χ1v) is 3.19. The fourth-order valence-corrected chi connectivity index (χ4v) is 0.922. The molecule has 1 N–H and O–H groups in total. The minimum absolute atomic E-state index is 0.137. The van der Waals surface area contributed by atoms with Crippen LogP contribution >= 0.6 is 0 Å². The van der Waals surface area contributed by atoms with E-state index in [9.17, 15) is 4.79 Å². The van der Waals surface area contributed by atoms with E-state index in [1.54, 1.807) is 0 Å². The minimum Gasteiger partial charge on any atom is -0.478 e. The summed E-state index contributed by atoms with van der Waals surface area (Å²) < 4.78 is 4.91. The third-order valence-corrected chi connectivity index (χ3v) is 1.50. The Morgan fingerprint density at radius 1 is 1.73 bits per heavy atom. The standard InChI is InChI=1S/C7H7NO3/c8-3-5-4-11-2-1-6(5)7(9)10/h1-2,4H2,(H,9,10). The molecule has 1 rings (SSSR count). The summed E-state index contributed by atoms with van der Waals surface area (Å²) in [6.45, 7) is 0.533. The lowest BCUT2D eigenvalue weighted by Crippen LogP contribution is -2.15. The molecule has 1 heterocycles. The summed E-state index contributed by atoms with van der Waals surface area (Å²) in [5, 5.41) is 17.0. The van der Waals surface area contributed by atoms with Crippen molar-refractivity contribution < 1.29 is 14.6 Å². The van der Waals surface area contributed by atoms with Crippen LogP contribution in [-0.2, 0) is 9.53 Å². The summed E-state index contributed by atoms with van der Waals surface area (Å²) in [6.07, 6.45) is 0.332. The van der Waals surface area contributed by atoms with E-state index in [0.29, 0.717) is 13.0 Å². The highest BCUT2D eigenvalue weighted by molar-refractivity contribution is 5.88. The second-order valence-corrected chi connectivity index (χ2v) is 2.18. The molecule has 4 nitrogen and oxygen atoms in total. The van der Waals surface area contributed by atoms with Gasteiger partial charge in [-0.15, -0.1) is 0 Å². The lowest BCUT2D eigenvalue weighted by molar-refractivity contribution is -0.133. The summed E-state index contributed by atoms with van der Waals surface area (Å²) in [5.74, 6) is -1.01. The van der Waals surface area contributed by atoms with Crippen LogP contribution in [0.5, 0.6) is 0 Å². The third-order valence-electron chi connectivity index (χ3n) is 1.50. The predicted molar refractivity (Wildman–Crippen MR) is 35.7 cm³/mol. The van der Waals surface area contributed by atoms with Crippen LogP contribution in [0.25, 0.3) is 0 Å². The zero-order valence-electron chi connectivity index (χ0n) is 5.83. The monoisotopic (exact) mass is 153 g/mol. The number of carboxylic acids is 1. The number of hydrogen-bond donors (Lipinski definition) is 1. The number of nitriles is 1. The Balaban J connectivity index is 2.93. The predicted octanol–water partition coefficient (Wildman–Crippen LogP) is 0.311. The van der Waals surface area contributed by atoms with Gasteiger partial charge in [0.25, 0.3) is 0 Å². The molecule has 0 saturated carbocycles. The van der Waals surface area contributed by atoms with Crippen LogP contribution in [0.15, 0.2) is 11.1 Å². The van der Waals surface area contributed by atoms with E-state index in [0.717, 1.165) is 0 Å². The van der Waals surface area contributed by atoms with Gasteiger partial charge in [0, 0.05) is 6.42 Å². The van der Waals surface area contributed by atoms with Crippen LogP contribution in [0.2, 0.25) is 0 Å². The summed E-state index contributed by atoms with van der Waals surface area (Å²) in [5.41, 5.74) is 0.433. The number of carboxylic acid groups (broad SMARTS) is 1. The Morgan fingerprint density at radius 3 is 2.91 bits per heavy atom. The molecule has 0 unspecified atom stereocenters. The van der Waals surface area contributed by atoms with Crippen LogP contribution < -0.4 is 0 Å². The van der Waals surface area contributed by atoms with Gasteiger partial charge in [0.05, 0.1) is 30.4 Å². The zero-order valence-corrected chi connectivity index (χ0v) is 5.83. The van der Waals surface area contributed by atoms with Gasteiger partial charge in [-0.05, 0) is 0 Å². The minimum atomic E-state index is -1.01. The van der Waals surface area contributed by atoms with Gasteiger partial charge in [-0.1, -0.05) is 0 Å². The molecule has 0 radical (unpaired) electrons. The third kappa shape index (κ3) is 1.57. The van der Waals surface area contributed by atoms with Crippen molar-refractivity contribution in [2.24, 2.45) is 0 Å². The molecule has 0 fully saturated rings. The van der Waals surface area contributed by atoms with Gasteiger partial charge < -0.3 is 9.84 Å². The molecule has 0 spiro atoms. The molecule has 0 atom stereocenters. The average molecular weight is 153 g/mol. The van der Waals surface area contributed by atoms with Crippen molar-refractivity contribution in [1.82, 2.24) is 0 Å². The van der Waals surface area contributed by atoms with Crippen LogP contribution in [0.3, 0.4) is 0 Å². The van der Waals surface area contributed by atoms with Crippen LogP contribution in [-0.4, -0.2) is 24.3 Å². The molecule has 0 aromatic rings. The number of carbonyl (C=O) groups is 1. The SMILES string of the molecule is N#CC1=C(C(=O)O)CCOC1. The van der Waals surface area contributed by atoms with E-state index in [1.165, 1.54) is 0 Å². The number of aliphatic carboxylic acids is 1. The number of rotatable bonds is 1. The van der Waals surface area contributed by atoms with Gasteiger partial charge >= 0.3 is 5.97 Å². The highest BCUT2D eigenvalue weighted by Gasteiger charge is 2.17. The van der Waals surface area contributed by atoms with Crippen molar-refractivity contribution >= 4 is 5.97 Å². The van der Waals surface area contributed by atoms with Crippen molar-refractivity contribution in [3.63, 3.8) is 0 Å². The van der Waals surface area contributed by atoms with E-state index in [4.69, 9.17) is 15.1 Å². The van der Waals surface area contributed by atoms with E-state index in [-0.39, 0.29) is 17.8 Å². The second-order valence-electron chi connectivity index (χ2n) is 2.18. The van der Waals surface area contributed by atoms with E-state index in [2.05, 4.69) is 0 Å². The topological polar surface area (TPSA) is 70.3 Å². The van der Waals surface area contributed by atoms with E-state index in [1.807, 2.05) is 6.07 Å². The van der Waals surface area contributed by atoms with Crippen molar-refractivity contribution in [2.45, 2.75) is 6.42 Å². The van der Waals surface area contributed by atoms with Crippen molar-refractivity contribution in [2.75, 3.05) is 13.2 Å². The molecular weight excluding hydrogens is 146 g/mol. The van der Waals surface area contributed by atoms with Gasteiger partial charge in [-0.2, -0.15) is 5.26 Å². The maximum atomic E-state index is 10.5. The highest BCUT2D eigenvalue weighted by atomic mass is 16.5. The van der Waals surface area contributed by atoms with Crippen molar-refractivity contribution in [1.29, 1.82) is 5.26 Å². The quantitative estimate of drug-likeness (QED) is 0.588. The molecule has 0 aromatic carbocycles. The first-order chi connectivity index (χ1) is 5.25. The molecule has 0 aromatic heterocycles. The number of nitrogens with zero attached hydrogens (tertiary/aromatic N) is 1. The largest absolute Gasteiger partial charge is 0.478 e. The van der Waals surface area contributed by atoms with Crippen molar-refractivity contribution in [3.8, 4) is 6.07 Å². The Kier molecular flexibility index (Phi) is 2.24. The molecule has 0 saturated heterocycles. The fraction of sp³-hybridized carbons (Fsp3) is 0.429. The molecule has 0 amide bonds. The second kappa shape index (κ2) is 3.17. The van der Waals surface area contributed by atoms with Gasteiger partial charge in [0.15, 0.2) is 0 Å². The maximum absolute atomic E-state index is 10.5. The van der Waals surface area contributed by atoms with Gasteiger partial charge in [0.2, 0.25) is 0 Å². The van der Waals surface area contributed by atoms with Gasteiger partial charge in [-0.3, -0.25) is 0 Å². The maximum Gasteiger partial charge on any atom is 0.332 e. The van der Waals surface area contributed by atoms with E-state index < -0.39 is 5.97 Å². The van der Waals surface area contributed by atoms with Crippen LogP contribution in [0, 0.1) is 11.3 Å². The average Bonchev–Trinajstić information content (AvgIpc) is 2.04. The van der Waals surface area contributed by atoms with Gasteiger partial charge in [-0.25, -0.2) is 4.79 Å². The Bertz CT molecular complexity index is 249. The Labute approximate surface area is 63.7 Å². The lowest BCUT2D eigenvalue weighted by Gasteiger charge is -2.12. The summed E-state index contributed by atoms with van der Waals surface area (Å²) >= 11 is 0. The molecule has 1 aliphatic rings. The number of hydrogen-bond acceptors (Lipinski definition) is 3. The van der Waals surface area contributed by atoms with Gasteiger partial charge in [0.1, 0.15) is 0 Å². The normalized spacial score (nSPS) is 17.7. The molecule has 4 heteroatoms. The Hall–Kier alpha value is -1.34. The van der Waals surface area contributed by atoms with E-state index >= 15 is 0 Å². The van der Waals surface area contributed by atoms with Crippen LogP contribution in [0.1, 0.15) is 6.42 Å². The lowest BCUT2D eigenvalue weighted by atomic mass is 10.1. The molecule has 0 aliphatic carbocycles. The Morgan fingerprint density at radius 2 is 2.45 bits per heavy atom. The fourth-order valence-electron chi connectivity index (χ4n) is 0.922. The summed E-state index contributed by atoms with van der Waals surface area (Å²) in [6, 6.07) is 1.81.